The Labute approximate surface area is 155 Å². The van der Waals surface area contributed by atoms with E-state index < -0.39 is 22.1 Å². The van der Waals surface area contributed by atoms with Gasteiger partial charge in [0.05, 0.1) is 24.2 Å². The molecule has 0 aliphatic carbocycles. The van der Waals surface area contributed by atoms with Crippen molar-refractivity contribution in [2.75, 3.05) is 0 Å². The van der Waals surface area contributed by atoms with Crippen LogP contribution in [-0.2, 0) is 29.5 Å². The van der Waals surface area contributed by atoms with E-state index in [0.717, 1.165) is 11.7 Å². The molecule has 4 rings (SSSR count). The topological polar surface area (TPSA) is 103 Å². The molecule has 13 heteroatoms. The molecule has 0 radical (unpaired) electrons. The lowest BCUT2D eigenvalue weighted by Gasteiger charge is -2.25. The molecule has 0 saturated carbocycles. The summed E-state index contributed by atoms with van der Waals surface area (Å²) in [7, 11) is -3.90. The number of hydrogen-bond donors (Lipinski definition) is 1. The molecule has 3 aromatic rings. The second-order valence-electron chi connectivity index (χ2n) is 6.13. The molecule has 1 unspecified atom stereocenters. The number of fused-ring (bicyclic) bond motifs is 2. The van der Waals surface area contributed by atoms with Gasteiger partial charge in [-0.05, 0) is 18.6 Å². The van der Waals surface area contributed by atoms with Gasteiger partial charge < -0.3 is 4.57 Å². The van der Waals surface area contributed by atoms with Gasteiger partial charge in [-0.25, -0.2) is 13.1 Å². The first-order chi connectivity index (χ1) is 12.8. The molecule has 3 heterocycles. The number of alkyl halides is 3. The molecule has 0 spiro atoms. The number of benzene rings is 1. The van der Waals surface area contributed by atoms with Crippen molar-refractivity contribution in [3.63, 3.8) is 0 Å². The third-order valence-corrected chi connectivity index (χ3v) is 6.43. The second-order valence-corrected chi connectivity index (χ2v) is 8.39. The van der Waals surface area contributed by atoms with E-state index in [-0.39, 0.29) is 48.0 Å². The Morgan fingerprint density at radius 3 is 2.85 bits per heavy atom. The van der Waals surface area contributed by atoms with E-state index in [2.05, 4.69) is 23.7 Å². The molecule has 2 aromatic heterocycles. The lowest BCUT2D eigenvalue weighted by molar-refractivity contribution is -0.179. The highest BCUT2D eigenvalue weighted by atomic mass is 32.2. The minimum absolute atomic E-state index is 0.00994. The Kier molecular flexibility index (Phi) is 4.39. The van der Waals surface area contributed by atoms with Gasteiger partial charge in [0.25, 0.3) is 0 Å². The number of hydrogen-bond acceptors (Lipinski definition) is 7. The van der Waals surface area contributed by atoms with E-state index in [1.165, 1.54) is 10.6 Å². The summed E-state index contributed by atoms with van der Waals surface area (Å²) in [5, 5.41) is 7.65. The summed E-state index contributed by atoms with van der Waals surface area (Å²) in [5.74, 6) is -0.963. The van der Waals surface area contributed by atoms with Gasteiger partial charge in [-0.2, -0.15) is 21.9 Å². The second kappa shape index (κ2) is 6.49. The third-order valence-electron chi connectivity index (χ3n) is 4.46. The summed E-state index contributed by atoms with van der Waals surface area (Å²) in [5.41, 5.74) is 0.743. The number of nitrogens with zero attached hydrogens (tertiary/aromatic N) is 5. The van der Waals surface area contributed by atoms with Gasteiger partial charge in [0.1, 0.15) is 27.6 Å². The van der Waals surface area contributed by atoms with Crippen LogP contribution in [0.5, 0.6) is 0 Å². The van der Waals surface area contributed by atoms with Crippen molar-refractivity contribution in [3.8, 4) is 0 Å². The van der Waals surface area contributed by atoms with Crippen LogP contribution in [-0.4, -0.2) is 38.1 Å². The molecule has 0 fully saturated rings. The maximum absolute atomic E-state index is 12.9. The van der Waals surface area contributed by atoms with Crippen molar-refractivity contribution < 1.29 is 21.6 Å². The van der Waals surface area contributed by atoms with Crippen LogP contribution in [0.3, 0.4) is 0 Å². The molecule has 1 aliphatic rings. The molecule has 1 atom stereocenters. The van der Waals surface area contributed by atoms with Crippen LogP contribution in [0.25, 0.3) is 11.0 Å². The lowest BCUT2D eigenvalue weighted by Crippen LogP contribution is -2.32. The average Bonchev–Trinajstić information content (AvgIpc) is 3.25. The third kappa shape index (κ3) is 3.41. The van der Waals surface area contributed by atoms with Crippen molar-refractivity contribution in [1.29, 1.82) is 0 Å². The van der Waals surface area contributed by atoms with Crippen LogP contribution in [0.2, 0.25) is 0 Å². The summed E-state index contributed by atoms with van der Waals surface area (Å²) in [6.45, 7) is -0.0882. The predicted molar refractivity (Wildman–Crippen MR) is 89.3 cm³/mol. The predicted octanol–water partition coefficient (Wildman–Crippen LogP) is 1.89. The van der Waals surface area contributed by atoms with Gasteiger partial charge in [0.15, 0.2) is 0 Å². The van der Waals surface area contributed by atoms with E-state index in [0.29, 0.717) is 5.52 Å². The van der Waals surface area contributed by atoms with Gasteiger partial charge in [0.2, 0.25) is 10.0 Å². The molecule has 1 N–H and O–H groups in total. The van der Waals surface area contributed by atoms with Crippen LogP contribution in [0.4, 0.5) is 13.2 Å². The largest absolute Gasteiger partial charge is 0.392 e. The van der Waals surface area contributed by atoms with Crippen LogP contribution in [0, 0.1) is 5.92 Å². The Balaban J connectivity index is 1.53. The quantitative estimate of drug-likeness (QED) is 0.694. The zero-order valence-corrected chi connectivity index (χ0v) is 15.3. The van der Waals surface area contributed by atoms with Crippen LogP contribution >= 0.6 is 11.7 Å². The first-order valence-electron chi connectivity index (χ1n) is 7.94. The highest BCUT2D eigenvalue weighted by Crippen LogP contribution is 2.34. The number of sulfonamides is 1. The fourth-order valence-electron chi connectivity index (χ4n) is 3.03. The Bertz CT molecular complexity index is 1090. The first kappa shape index (κ1) is 18.3. The van der Waals surface area contributed by atoms with Crippen molar-refractivity contribution in [2.24, 2.45) is 5.92 Å². The molecule has 1 aliphatic heterocycles. The summed E-state index contributed by atoms with van der Waals surface area (Å²) in [6.07, 6.45) is -4.62. The number of nitrogens with one attached hydrogen (secondary N) is 1. The summed E-state index contributed by atoms with van der Waals surface area (Å²) < 4.78 is 75.8. The fraction of sp³-hybridized carbons (Fsp3) is 0.429. The van der Waals surface area contributed by atoms with Gasteiger partial charge in [-0.1, -0.05) is 6.07 Å². The average molecular weight is 418 g/mol. The highest BCUT2D eigenvalue weighted by molar-refractivity contribution is 7.89. The summed E-state index contributed by atoms with van der Waals surface area (Å²) in [4.78, 5) is -0.00994. The van der Waals surface area contributed by atoms with Crippen LogP contribution in [0.15, 0.2) is 23.1 Å². The maximum Gasteiger partial charge on any atom is 0.392 e. The van der Waals surface area contributed by atoms with E-state index in [4.69, 9.17) is 0 Å². The van der Waals surface area contributed by atoms with Gasteiger partial charge in [-0.15, -0.1) is 10.2 Å². The standard InChI is InChI=1S/C14H13F3N6O2S2/c15-14(16,17)8-4-5-23-11(6-8)19-20-12(23)7-18-27(24,25)10-3-1-2-9-13(10)22-26-21-9/h1-3,8,18H,4-7H2. The monoisotopic (exact) mass is 418 g/mol. The molecule has 1 aromatic carbocycles. The van der Waals surface area contributed by atoms with E-state index >= 15 is 0 Å². The molecule has 0 saturated heterocycles. The SMILES string of the molecule is O=S(=O)(NCc1nnc2n1CCC(C(F)(F)F)C2)c1cccc2nsnc12. The number of rotatable bonds is 4. The zero-order chi connectivity index (χ0) is 19.2. The molecule has 27 heavy (non-hydrogen) atoms. The number of halogens is 3. The molecule has 0 amide bonds. The van der Waals surface area contributed by atoms with E-state index in [1.54, 1.807) is 12.1 Å². The van der Waals surface area contributed by atoms with Crippen molar-refractivity contribution in [2.45, 2.75) is 37.0 Å². The Morgan fingerprint density at radius 1 is 1.26 bits per heavy atom. The van der Waals surface area contributed by atoms with Crippen LogP contribution < -0.4 is 4.72 Å². The first-order valence-corrected chi connectivity index (χ1v) is 10.2. The highest BCUT2D eigenvalue weighted by Gasteiger charge is 2.42. The minimum atomic E-state index is -4.28. The normalized spacial score (nSPS) is 18.0. The van der Waals surface area contributed by atoms with Crippen molar-refractivity contribution >= 4 is 32.8 Å². The summed E-state index contributed by atoms with van der Waals surface area (Å²) in [6, 6.07) is 4.64. The summed E-state index contributed by atoms with van der Waals surface area (Å²) >= 11 is 0.909. The van der Waals surface area contributed by atoms with Gasteiger partial charge in [-0.3, -0.25) is 0 Å². The van der Waals surface area contributed by atoms with Crippen LogP contribution in [0.1, 0.15) is 18.1 Å². The van der Waals surface area contributed by atoms with Gasteiger partial charge in [0, 0.05) is 13.0 Å². The minimum Gasteiger partial charge on any atom is -0.314 e. The molecular weight excluding hydrogens is 405 g/mol. The van der Waals surface area contributed by atoms with Crippen molar-refractivity contribution in [1.82, 2.24) is 28.2 Å². The van der Waals surface area contributed by atoms with Gasteiger partial charge >= 0.3 is 6.18 Å². The smallest absolute Gasteiger partial charge is 0.314 e. The molecule has 8 nitrogen and oxygen atoms in total. The molecular formula is C14H13F3N6O2S2. The maximum atomic E-state index is 12.9. The van der Waals surface area contributed by atoms with E-state index in [9.17, 15) is 21.6 Å². The lowest BCUT2D eigenvalue weighted by atomic mass is 9.97. The van der Waals surface area contributed by atoms with E-state index in [1.807, 2.05) is 0 Å². The molecule has 144 valence electrons. The fourth-order valence-corrected chi connectivity index (χ4v) is 4.78. The number of aromatic nitrogens is 5. The van der Waals surface area contributed by atoms with Crippen molar-refractivity contribution in [3.05, 3.63) is 29.8 Å². The molecule has 0 bridgehead atoms. The Hall–Kier alpha value is -2.12. The Morgan fingerprint density at radius 2 is 2.07 bits per heavy atom. The zero-order valence-electron chi connectivity index (χ0n) is 13.6.